The van der Waals surface area contributed by atoms with Crippen LogP contribution in [0.15, 0.2) is 48.8 Å². The molecule has 0 spiro atoms. The van der Waals surface area contributed by atoms with Crippen LogP contribution in [-0.4, -0.2) is 50.0 Å². The van der Waals surface area contributed by atoms with E-state index in [9.17, 15) is 13.6 Å². The van der Waals surface area contributed by atoms with Gasteiger partial charge in [0.2, 0.25) is 0 Å². The first kappa shape index (κ1) is 18.4. The Morgan fingerprint density at radius 2 is 2.03 bits per heavy atom. The van der Waals surface area contributed by atoms with Gasteiger partial charge in [-0.05, 0) is 48.2 Å². The van der Waals surface area contributed by atoms with Crippen LogP contribution in [0.4, 0.5) is 20.3 Å². The van der Waals surface area contributed by atoms with Crippen molar-refractivity contribution in [2.75, 3.05) is 18.4 Å². The summed E-state index contributed by atoms with van der Waals surface area (Å²) in [6.07, 6.45) is 3.30. The van der Waals surface area contributed by atoms with Crippen molar-refractivity contribution in [2.45, 2.75) is 18.8 Å². The van der Waals surface area contributed by atoms with E-state index in [1.807, 2.05) is 24.3 Å². The van der Waals surface area contributed by atoms with Gasteiger partial charge in [0.05, 0.1) is 11.9 Å². The zero-order valence-electron chi connectivity index (χ0n) is 15.9. The normalized spacial score (nSPS) is 16.1. The SMILES string of the molecule is O=C(c1nccc2cc(Nc3n[nH]c4ncccc34)ccc12)N1CCCC(F)(F)C1. The van der Waals surface area contributed by atoms with Crippen molar-refractivity contribution in [3.05, 3.63) is 54.5 Å². The number of amides is 1. The highest BCUT2D eigenvalue weighted by Crippen LogP contribution is 2.30. The minimum absolute atomic E-state index is 0.186. The number of fused-ring (bicyclic) bond motifs is 2. The van der Waals surface area contributed by atoms with E-state index in [0.717, 1.165) is 16.5 Å². The molecule has 1 amide bonds. The van der Waals surface area contributed by atoms with E-state index in [4.69, 9.17) is 0 Å². The zero-order chi connectivity index (χ0) is 20.7. The van der Waals surface area contributed by atoms with Crippen molar-refractivity contribution in [2.24, 2.45) is 0 Å². The van der Waals surface area contributed by atoms with E-state index in [-0.39, 0.29) is 18.5 Å². The van der Waals surface area contributed by atoms with Crippen LogP contribution in [0.3, 0.4) is 0 Å². The lowest BCUT2D eigenvalue weighted by Gasteiger charge is -2.32. The Hall–Kier alpha value is -3.62. The van der Waals surface area contributed by atoms with Crippen LogP contribution in [0.5, 0.6) is 0 Å². The van der Waals surface area contributed by atoms with Crippen LogP contribution in [-0.2, 0) is 0 Å². The van der Waals surface area contributed by atoms with Crippen LogP contribution in [0, 0.1) is 0 Å². The van der Waals surface area contributed by atoms with Gasteiger partial charge in [-0.15, -0.1) is 0 Å². The molecule has 152 valence electrons. The smallest absolute Gasteiger partial charge is 0.273 e. The molecule has 0 aliphatic carbocycles. The third kappa shape index (κ3) is 3.32. The number of benzene rings is 1. The number of nitrogens with zero attached hydrogens (tertiary/aromatic N) is 4. The number of aromatic nitrogens is 4. The summed E-state index contributed by atoms with van der Waals surface area (Å²) in [5.74, 6) is -2.68. The lowest BCUT2D eigenvalue weighted by molar-refractivity contribution is -0.0561. The Kier molecular flexibility index (Phi) is 4.30. The number of hydrogen-bond donors (Lipinski definition) is 2. The fourth-order valence-electron chi connectivity index (χ4n) is 3.80. The highest BCUT2D eigenvalue weighted by atomic mass is 19.3. The van der Waals surface area contributed by atoms with E-state index < -0.39 is 18.4 Å². The summed E-state index contributed by atoms with van der Waals surface area (Å²) in [5.41, 5.74) is 1.64. The topological polar surface area (TPSA) is 86.8 Å². The quantitative estimate of drug-likeness (QED) is 0.533. The number of alkyl halides is 2. The van der Waals surface area contributed by atoms with Crippen molar-refractivity contribution >= 4 is 39.2 Å². The number of hydrogen-bond acceptors (Lipinski definition) is 5. The lowest BCUT2D eigenvalue weighted by atomic mass is 10.0. The molecule has 1 aliphatic rings. The molecular formula is C21H18F2N6O. The monoisotopic (exact) mass is 408 g/mol. The van der Waals surface area contributed by atoms with Gasteiger partial charge in [0.15, 0.2) is 11.5 Å². The predicted molar refractivity (Wildman–Crippen MR) is 109 cm³/mol. The number of carbonyl (C=O) groups is 1. The summed E-state index contributed by atoms with van der Waals surface area (Å²) < 4.78 is 27.5. The highest BCUT2D eigenvalue weighted by Gasteiger charge is 2.37. The first-order chi connectivity index (χ1) is 14.5. The third-order valence-electron chi connectivity index (χ3n) is 5.25. The van der Waals surface area contributed by atoms with Crippen LogP contribution in [0.1, 0.15) is 23.3 Å². The van der Waals surface area contributed by atoms with Crippen LogP contribution in [0.2, 0.25) is 0 Å². The number of halogens is 2. The Balaban J connectivity index is 1.46. The Bertz CT molecular complexity index is 1250. The van der Waals surface area contributed by atoms with E-state index in [2.05, 4.69) is 25.5 Å². The summed E-state index contributed by atoms with van der Waals surface area (Å²) in [5, 5.41) is 12.6. The maximum atomic E-state index is 13.8. The maximum Gasteiger partial charge on any atom is 0.273 e. The largest absolute Gasteiger partial charge is 0.338 e. The molecule has 1 aromatic carbocycles. The Morgan fingerprint density at radius 1 is 1.13 bits per heavy atom. The molecule has 4 aromatic rings. The first-order valence-electron chi connectivity index (χ1n) is 9.62. The molecule has 1 saturated heterocycles. The Morgan fingerprint density at radius 3 is 2.90 bits per heavy atom. The second-order valence-electron chi connectivity index (χ2n) is 7.38. The van der Waals surface area contributed by atoms with Gasteiger partial charge in [-0.25, -0.2) is 13.8 Å². The molecule has 3 aromatic heterocycles. The number of likely N-dealkylation sites (tertiary alicyclic amines) is 1. The summed E-state index contributed by atoms with van der Waals surface area (Å²) in [6.45, 7) is -0.254. The molecule has 0 bridgehead atoms. The zero-order valence-corrected chi connectivity index (χ0v) is 15.9. The molecule has 4 heterocycles. The van der Waals surface area contributed by atoms with Gasteiger partial charge in [0, 0.05) is 36.4 Å². The molecule has 0 radical (unpaired) electrons. The van der Waals surface area contributed by atoms with Gasteiger partial charge >= 0.3 is 0 Å². The van der Waals surface area contributed by atoms with Gasteiger partial charge < -0.3 is 10.2 Å². The molecule has 1 aliphatic heterocycles. The number of nitrogens with one attached hydrogen (secondary N) is 2. The van der Waals surface area contributed by atoms with Crippen molar-refractivity contribution in [3.63, 3.8) is 0 Å². The molecule has 9 heteroatoms. The van der Waals surface area contributed by atoms with Gasteiger partial charge in [-0.1, -0.05) is 0 Å². The Labute approximate surface area is 170 Å². The van der Waals surface area contributed by atoms with Crippen molar-refractivity contribution < 1.29 is 13.6 Å². The minimum Gasteiger partial charge on any atom is -0.338 e. The molecular weight excluding hydrogens is 390 g/mol. The number of aromatic amines is 1. The van der Waals surface area contributed by atoms with Gasteiger partial charge in [0.25, 0.3) is 11.8 Å². The van der Waals surface area contributed by atoms with E-state index in [0.29, 0.717) is 23.4 Å². The molecule has 5 rings (SSSR count). The highest BCUT2D eigenvalue weighted by molar-refractivity contribution is 6.06. The van der Waals surface area contributed by atoms with E-state index in [1.54, 1.807) is 18.3 Å². The van der Waals surface area contributed by atoms with E-state index >= 15 is 0 Å². The molecule has 0 unspecified atom stereocenters. The molecule has 2 N–H and O–H groups in total. The van der Waals surface area contributed by atoms with Crippen molar-refractivity contribution in [1.29, 1.82) is 0 Å². The second kappa shape index (κ2) is 7.01. The number of H-pyrrole nitrogens is 1. The van der Waals surface area contributed by atoms with Gasteiger partial charge in [-0.3, -0.25) is 14.9 Å². The fourth-order valence-corrected chi connectivity index (χ4v) is 3.80. The van der Waals surface area contributed by atoms with Gasteiger partial charge in [-0.2, -0.15) is 5.10 Å². The van der Waals surface area contributed by atoms with Gasteiger partial charge in [0.1, 0.15) is 5.69 Å². The molecule has 0 saturated carbocycles. The molecule has 0 atom stereocenters. The standard InChI is InChI=1S/C21H18F2N6O/c22-21(23)7-2-10-29(12-21)20(30)17-15-5-4-14(11-13(15)6-9-24-17)26-19-16-3-1-8-25-18(16)27-28-19/h1,3-6,8-9,11H,2,7,10,12H2,(H2,25,26,27,28). The van der Waals surface area contributed by atoms with Crippen LogP contribution >= 0.6 is 0 Å². The average Bonchev–Trinajstić information content (AvgIpc) is 3.15. The number of pyridine rings is 2. The van der Waals surface area contributed by atoms with Crippen LogP contribution < -0.4 is 5.32 Å². The number of piperidine rings is 1. The van der Waals surface area contributed by atoms with E-state index in [1.165, 1.54) is 11.1 Å². The summed E-state index contributed by atoms with van der Waals surface area (Å²) >= 11 is 0. The van der Waals surface area contributed by atoms with Crippen molar-refractivity contribution in [1.82, 2.24) is 25.1 Å². The average molecular weight is 408 g/mol. The maximum absolute atomic E-state index is 13.8. The minimum atomic E-state index is -2.85. The molecule has 30 heavy (non-hydrogen) atoms. The fraction of sp³-hybridized carbons (Fsp3) is 0.238. The lowest BCUT2D eigenvalue weighted by Crippen LogP contribution is -2.45. The predicted octanol–water partition coefficient (Wildman–Crippen LogP) is 4.12. The summed E-state index contributed by atoms with van der Waals surface area (Å²) in [7, 11) is 0. The molecule has 1 fully saturated rings. The third-order valence-corrected chi connectivity index (χ3v) is 5.25. The number of anilines is 2. The number of carbonyl (C=O) groups excluding carboxylic acids is 1. The second-order valence-corrected chi connectivity index (χ2v) is 7.38. The summed E-state index contributed by atoms with van der Waals surface area (Å²) in [6, 6.07) is 11.0. The van der Waals surface area contributed by atoms with Crippen molar-refractivity contribution in [3.8, 4) is 0 Å². The summed E-state index contributed by atoms with van der Waals surface area (Å²) in [4.78, 5) is 22.5. The number of rotatable bonds is 3. The first-order valence-corrected chi connectivity index (χ1v) is 9.62. The molecule has 7 nitrogen and oxygen atoms in total. The van der Waals surface area contributed by atoms with Crippen LogP contribution in [0.25, 0.3) is 21.8 Å².